The molecule has 0 rings (SSSR count). The van der Waals surface area contributed by atoms with Crippen molar-refractivity contribution in [1.82, 2.24) is 0 Å². The Hall–Kier alpha value is -1.92. The highest BCUT2D eigenvalue weighted by molar-refractivity contribution is 6.74. The summed E-state index contributed by atoms with van der Waals surface area (Å²) in [6, 6.07) is 0. The number of carbonyl (C=O) groups is 2. The Morgan fingerprint density at radius 3 is 1.85 bits per heavy atom. The quantitative estimate of drug-likeness (QED) is 0.0862. The lowest BCUT2D eigenvalue weighted by Crippen LogP contribution is -2.44. The van der Waals surface area contributed by atoms with Gasteiger partial charge in [-0.2, -0.15) is 0 Å². The standard InChI is InChI=1S/C33H58O5Si/c1-15-18-28(38-39(13,14)32(8,9)10)26(3)20-16-19-25(2)22-24-33(29(34)36-11,30(35)37-12)23-17-21-27(4)31(5,6)7/h15,20-22,28H,1,16-19,23-24H2,2-14H3/b25-22+,26-20+,27-21+. The van der Waals surface area contributed by atoms with Gasteiger partial charge >= 0.3 is 11.9 Å². The van der Waals surface area contributed by atoms with Crippen LogP contribution in [0.25, 0.3) is 0 Å². The van der Waals surface area contributed by atoms with E-state index in [1.807, 2.05) is 19.1 Å². The van der Waals surface area contributed by atoms with E-state index in [4.69, 9.17) is 13.9 Å². The Morgan fingerprint density at radius 2 is 1.41 bits per heavy atom. The van der Waals surface area contributed by atoms with Gasteiger partial charge in [-0.3, -0.25) is 9.59 Å². The summed E-state index contributed by atoms with van der Waals surface area (Å²) in [7, 11) is 0.738. The zero-order chi connectivity index (χ0) is 30.7. The van der Waals surface area contributed by atoms with E-state index >= 15 is 0 Å². The van der Waals surface area contributed by atoms with Crippen LogP contribution in [0.15, 0.2) is 47.6 Å². The molecule has 0 aromatic rings. The molecule has 0 spiro atoms. The second-order valence-electron chi connectivity index (χ2n) is 13.4. The van der Waals surface area contributed by atoms with Crippen molar-refractivity contribution in [3.05, 3.63) is 47.6 Å². The van der Waals surface area contributed by atoms with Crippen LogP contribution in [0.5, 0.6) is 0 Å². The molecule has 224 valence electrons. The van der Waals surface area contributed by atoms with Gasteiger partial charge in [0, 0.05) is 0 Å². The molecule has 1 atom stereocenters. The fourth-order valence-electron chi connectivity index (χ4n) is 3.91. The van der Waals surface area contributed by atoms with E-state index in [9.17, 15) is 9.59 Å². The van der Waals surface area contributed by atoms with Gasteiger partial charge in [0.15, 0.2) is 13.7 Å². The number of allylic oxidation sites excluding steroid dienone is 5. The highest BCUT2D eigenvalue weighted by atomic mass is 28.4. The van der Waals surface area contributed by atoms with Crippen molar-refractivity contribution < 1.29 is 23.5 Å². The molecule has 0 aliphatic carbocycles. The third kappa shape index (κ3) is 11.6. The van der Waals surface area contributed by atoms with Crippen LogP contribution in [0.3, 0.4) is 0 Å². The van der Waals surface area contributed by atoms with Gasteiger partial charge in [-0.05, 0) is 88.4 Å². The van der Waals surface area contributed by atoms with E-state index in [1.165, 1.54) is 25.4 Å². The molecule has 0 aliphatic rings. The van der Waals surface area contributed by atoms with Crippen molar-refractivity contribution >= 4 is 20.3 Å². The van der Waals surface area contributed by atoms with Gasteiger partial charge < -0.3 is 13.9 Å². The lowest BCUT2D eigenvalue weighted by atomic mass is 9.78. The molecule has 0 N–H and O–H groups in total. The number of methoxy groups -OCH3 is 2. The first kappa shape index (κ1) is 37.1. The number of rotatable bonds is 15. The molecule has 0 saturated carbocycles. The summed E-state index contributed by atoms with van der Waals surface area (Å²) in [5.41, 5.74) is 2.21. The van der Waals surface area contributed by atoms with Crippen LogP contribution in [0.4, 0.5) is 0 Å². The molecular weight excluding hydrogens is 504 g/mol. The summed E-state index contributed by atoms with van der Waals surface area (Å²) in [4.78, 5) is 25.9. The first-order valence-corrected chi connectivity index (χ1v) is 17.1. The maximum atomic E-state index is 12.9. The Balaban J connectivity index is 5.71. The molecule has 0 heterocycles. The predicted molar refractivity (Wildman–Crippen MR) is 167 cm³/mol. The van der Waals surface area contributed by atoms with Gasteiger partial charge in [0.1, 0.15) is 0 Å². The number of hydrogen-bond acceptors (Lipinski definition) is 5. The molecule has 0 aliphatic heterocycles. The number of ether oxygens (including phenoxy) is 2. The topological polar surface area (TPSA) is 61.8 Å². The first-order valence-electron chi connectivity index (χ1n) is 14.2. The molecule has 6 heteroatoms. The highest BCUT2D eigenvalue weighted by Crippen LogP contribution is 2.39. The van der Waals surface area contributed by atoms with Gasteiger partial charge in [-0.15, -0.1) is 6.58 Å². The fraction of sp³-hybridized carbons (Fsp3) is 0.697. The van der Waals surface area contributed by atoms with Gasteiger partial charge in [0.2, 0.25) is 0 Å². The zero-order valence-corrected chi connectivity index (χ0v) is 28.4. The van der Waals surface area contributed by atoms with Gasteiger partial charge in [0.05, 0.1) is 20.3 Å². The normalized spacial score (nSPS) is 15.2. The van der Waals surface area contributed by atoms with E-state index < -0.39 is 25.7 Å². The summed E-state index contributed by atoms with van der Waals surface area (Å²) in [5, 5.41) is 0.138. The summed E-state index contributed by atoms with van der Waals surface area (Å²) in [5.74, 6) is -1.10. The van der Waals surface area contributed by atoms with Crippen molar-refractivity contribution in [2.45, 2.75) is 125 Å². The molecule has 1 unspecified atom stereocenters. The van der Waals surface area contributed by atoms with E-state index in [0.717, 1.165) is 24.8 Å². The van der Waals surface area contributed by atoms with Crippen LogP contribution in [0, 0.1) is 10.8 Å². The van der Waals surface area contributed by atoms with Crippen molar-refractivity contribution in [2.24, 2.45) is 10.8 Å². The minimum absolute atomic E-state index is 0.0295. The Morgan fingerprint density at radius 1 is 0.872 bits per heavy atom. The molecule has 39 heavy (non-hydrogen) atoms. The van der Waals surface area contributed by atoms with Crippen LogP contribution in [-0.4, -0.2) is 40.6 Å². The average Bonchev–Trinajstić information content (AvgIpc) is 2.83. The van der Waals surface area contributed by atoms with Crippen molar-refractivity contribution in [1.29, 1.82) is 0 Å². The molecular formula is C33H58O5Si. The lowest BCUT2D eigenvalue weighted by Gasteiger charge is -2.39. The second-order valence-corrected chi connectivity index (χ2v) is 18.1. The average molecular weight is 563 g/mol. The minimum atomic E-state index is -1.91. The maximum Gasteiger partial charge on any atom is 0.323 e. The van der Waals surface area contributed by atoms with Crippen LogP contribution in [-0.2, 0) is 23.5 Å². The molecule has 0 bridgehead atoms. The summed E-state index contributed by atoms with van der Waals surface area (Å²) in [6.45, 7) is 27.9. The van der Waals surface area contributed by atoms with Crippen LogP contribution >= 0.6 is 0 Å². The first-order chi connectivity index (χ1) is 17.8. The lowest BCUT2D eigenvalue weighted by molar-refractivity contribution is -0.169. The predicted octanol–water partition coefficient (Wildman–Crippen LogP) is 9.12. The molecule has 0 amide bonds. The smallest absolute Gasteiger partial charge is 0.323 e. The summed E-state index contributed by atoms with van der Waals surface area (Å²) >= 11 is 0. The molecule has 0 aromatic heterocycles. The SMILES string of the molecule is C=CCC(O[Si](C)(C)C(C)(C)C)/C(C)=C/CC/C(C)=C/CC(CC/C=C(\C)C(C)(C)C)(C(=O)OC)C(=O)OC. The van der Waals surface area contributed by atoms with Gasteiger partial charge in [-0.1, -0.05) is 77.0 Å². The van der Waals surface area contributed by atoms with E-state index in [2.05, 4.69) is 87.2 Å². The number of hydrogen-bond donors (Lipinski definition) is 0. The third-order valence-electron chi connectivity index (χ3n) is 8.29. The van der Waals surface area contributed by atoms with Gasteiger partial charge in [0.25, 0.3) is 0 Å². The van der Waals surface area contributed by atoms with Crippen LogP contribution in [0.1, 0.15) is 101 Å². The van der Waals surface area contributed by atoms with Crippen molar-refractivity contribution in [3.8, 4) is 0 Å². The zero-order valence-electron chi connectivity index (χ0n) is 27.4. The molecule has 0 fully saturated rings. The Kier molecular flexibility index (Phi) is 15.0. The van der Waals surface area contributed by atoms with Crippen LogP contribution in [0.2, 0.25) is 18.1 Å². The summed E-state index contributed by atoms with van der Waals surface area (Å²) in [6.07, 6.45) is 11.9. The fourth-order valence-corrected chi connectivity index (χ4v) is 5.26. The molecule has 0 radical (unpaired) electrons. The number of carbonyl (C=O) groups excluding carboxylic acids is 2. The molecule has 5 nitrogen and oxygen atoms in total. The number of esters is 2. The van der Waals surface area contributed by atoms with Gasteiger partial charge in [-0.25, -0.2) is 0 Å². The molecule has 0 saturated heterocycles. The second kappa shape index (κ2) is 15.8. The van der Waals surface area contributed by atoms with Crippen molar-refractivity contribution in [2.75, 3.05) is 14.2 Å². The van der Waals surface area contributed by atoms with E-state index in [0.29, 0.717) is 12.8 Å². The Labute approximate surface area is 241 Å². The summed E-state index contributed by atoms with van der Waals surface area (Å²) < 4.78 is 16.9. The Bertz CT molecular complexity index is 893. The van der Waals surface area contributed by atoms with Crippen LogP contribution < -0.4 is 0 Å². The van der Waals surface area contributed by atoms with Crippen molar-refractivity contribution in [3.63, 3.8) is 0 Å². The van der Waals surface area contributed by atoms with E-state index in [-0.39, 0.29) is 23.0 Å². The maximum absolute atomic E-state index is 12.9. The van der Waals surface area contributed by atoms with E-state index in [1.54, 1.807) is 0 Å². The monoisotopic (exact) mass is 562 g/mol. The third-order valence-corrected chi connectivity index (χ3v) is 12.8. The highest BCUT2D eigenvalue weighted by Gasteiger charge is 2.47. The molecule has 0 aromatic carbocycles. The minimum Gasteiger partial charge on any atom is -0.468 e. The largest absolute Gasteiger partial charge is 0.468 e.